The van der Waals surface area contributed by atoms with E-state index in [0.717, 1.165) is 32.8 Å². The van der Waals surface area contributed by atoms with Gasteiger partial charge in [-0.1, -0.05) is 4.89 Å². The lowest BCUT2D eigenvalue weighted by molar-refractivity contribution is 0.0125. The molecule has 1 aliphatic heterocycles. The summed E-state index contributed by atoms with van der Waals surface area (Å²) >= 11 is 0. The quantitative estimate of drug-likeness (QED) is 0.484. The lowest BCUT2D eigenvalue weighted by Gasteiger charge is -2.26. The first-order valence-corrected chi connectivity index (χ1v) is 6.70. The Labute approximate surface area is 90.5 Å². The minimum atomic E-state index is -3.24. The van der Waals surface area contributed by atoms with Crippen molar-refractivity contribution in [2.45, 2.75) is 6.92 Å². The summed E-state index contributed by atoms with van der Waals surface area (Å²) in [4.78, 5) is 9.10. The fraction of sp³-hybridized carbons (Fsp3) is 1.00. The summed E-state index contributed by atoms with van der Waals surface area (Å²) in [6.45, 7) is 5.87. The van der Waals surface area contributed by atoms with Gasteiger partial charge in [0.2, 0.25) is 10.0 Å². The van der Waals surface area contributed by atoms with Crippen LogP contribution in [-0.4, -0.2) is 58.5 Å². The zero-order chi connectivity index (χ0) is 11.1. The molecule has 1 saturated heterocycles. The molecular weight excluding hydrogens is 220 g/mol. The number of rotatable bonds is 6. The molecule has 0 aromatic heterocycles. The van der Waals surface area contributed by atoms with Gasteiger partial charge in [-0.3, -0.25) is 9.74 Å². The van der Waals surface area contributed by atoms with Crippen molar-refractivity contribution in [3.8, 4) is 0 Å². The fourth-order valence-electron chi connectivity index (χ4n) is 1.19. The molecule has 1 fully saturated rings. The number of nitrogens with zero attached hydrogens (tertiary/aromatic N) is 1. The minimum absolute atomic E-state index is 0.0323. The Morgan fingerprint density at radius 1 is 1.40 bits per heavy atom. The van der Waals surface area contributed by atoms with Crippen LogP contribution < -0.4 is 4.89 Å². The van der Waals surface area contributed by atoms with E-state index in [1.165, 1.54) is 0 Å². The molecule has 0 bridgehead atoms. The third-order valence-electron chi connectivity index (χ3n) is 2.18. The van der Waals surface area contributed by atoms with Crippen LogP contribution in [0.4, 0.5) is 0 Å². The molecule has 1 heterocycles. The molecule has 0 amide bonds. The van der Waals surface area contributed by atoms with Crippen molar-refractivity contribution >= 4 is 10.0 Å². The van der Waals surface area contributed by atoms with E-state index < -0.39 is 10.0 Å². The van der Waals surface area contributed by atoms with Gasteiger partial charge in [0.05, 0.1) is 25.6 Å². The summed E-state index contributed by atoms with van der Waals surface area (Å²) < 4.78 is 27.1. The molecule has 15 heavy (non-hydrogen) atoms. The van der Waals surface area contributed by atoms with Crippen molar-refractivity contribution in [3.63, 3.8) is 0 Å². The van der Waals surface area contributed by atoms with E-state index in [9.17, 15) is 8.42 Å². The highest BCUT2D eigenvalue weighted by Gasteiger charge is 2.10. The van der Waals surface area contributed by atoms with Crippen molar-refractivity contribution in [2.75, 3.05) is 45.2 Å². The van der Waals surface area contributed by atoms with Gasteiger partial charge in [0.15, 0.2) is 0 Å². The van der Waals surface area contributed by atoms with Crippen LogP contribution in [0.1, 0.15) is 6.92 Å². The summed E-state index contributed by atoms with van der Waals surface area (Å²) in [5, 5.41) is 0. The van der Waals surface area contributed by atoms with Crippen LogP contribution in [0.25, 0.3) is 0 Å². The van der Waals surface area contributed by atoms with Gasteiger partial charge in [0.25, 0.3) is 0 Å². The molecule has 0 radical (unpaired) electrons. The van der Waals surface area contributed by atoms with E-state index in [4.69, 9.17) is 9.57 Å². The second kappa shape index (κ2) is 6.39. The van der Waals surface area contributed by atoms with Gasteiger partial charge in [-0.05, 0) is 6.92 Å². The number of sulfonamides is 1. The van der Waals surface area contributed by atoms with E-state index >= 15 is 0 Å². The molecule has 0 spiro atoms. The van der Waals surface area contributed by atoms with Gasteiger partial charge in [0.1, 0.15) is 0 Å². The second-order valence-electron chi connectivity index (χ2n) is 3.29. The Kier molecular flexibility index (Phi) is 5.48. The van der Waals surface area contributed by atoms with Gasteiger partial charge >= 0.3 is 0 Å². The van der Waals surface area contributed by atoms with Gasteiger partial charge < -0.3 is 4.74 Å². The highest BCUT2D eigenvalue weighted by atomic mass is 32.2. The minimum Gasteiger partial charge on any atom is -0.379 e. The largest absolute Gasteiger partial charge is 0.379 e. The fourth-order valence-corrected chi connectivity index (χ4v) is 1.57. The molecule has 1 aliphatic rings. The number of nitrogens with one attached hydrogen (secondary N) is 1. The van der Waals surface area contributed by atoms with Crippen LogP contribution in [0.5, 0.6) is 0 Å². The van der Waals surface area contributed by atoms with Crippen LogP contribution in [0.2, 0.25) is 0 Å². The van der Waals surface area contributed by atoms with Gasteiger partial charge in [-0.25, -0.2) is 8.42 Å². The SMILES string of the molecule is CCS(=O)(=O)NOCCN1CCOCC1. The Balaban J connectivity index is 2.06. The Morgan fingerprint density at radius 3 is 2.67 bits per heavy atom. The first-order chi connectivity index (χ1) is 7.14. The van der Waals surface area contributed by atoms with Crippen LogP contribution >= 0.6 is 0 Å². The lowest BCUT2D eigenvalue weighted by atomic mass is 10.4. The van der Waals surface area contributed by atoms with Crippen LogP contribution in [0, 0.1) is 0 Å². The summed E-state index contributed by atoms with van der Waals surface area (Å²) in [5.41, 5.74) is 0. The number of hydrogen-bond donors (Lipinski definition) is 1. The molecule has 0 saturated carbocycles. The van der Waals surface area contributed by atoms with E-state index in [0.29, 0.717) is 6.61 Å². The van der Waals surface area contributed by atoms with Crippen LogP contribution in [0.3, 0.4) is 0 Å². The highest BCUT2D eigenvalue weighted by molar-refractivity contribution is 7.89. The average Bonchev–Trinajstić information content (AvgIpc) is 2.26. The highest BCUT2D eigenvalue weighted by Crippen LogP contribution is 1.95. The Morgan fingerprint density at radius 2 is 2.07 bits per heavy atom. The molecule has 0 unspecified atom stereocenters. The summed E-state index contributed by atoms with van der Waals surface area (Å²) in [6.07, 6.45) is 0. The van der Waals surface area contributed by atoms with Crippen molar-refractivity contribution in [1.82, 2.24) is 9.79 Å². The topological polar surface area (TPSA) is 67.9 Å². The van der Waals surface area contributed by atoms with Gasteiger partial charge in [0, 0.05) is 19.6 Å². The summed E-state index contributed by atoms with van der Waals surface area (Å²) in [5.74, 6) is 0.0323. The second-order valence-corrected chi connectivity index (χ2v) is 5.26. The number of morpholine rings is 1. The molecule has 1 N–H and O–H groups in total. The Hall–Kier alpha value is -0.210. The predicted molar refractivity (Wildman–Crippen MR) is 55.8 cm³/mol. The van der Waals surface area contributed by atoms with E-state index in [-0.39, 0.29) is 5.75 Å². The smallest absolute Gasteiger partial charge is 0.233 e. The predicted octanol–water partition coefficient (Wildman–Crippen LogP) is -0.810. The Bertz CT molecular complexity index is 262. The van der Waals surface area contributed by atoms with Crippen molar-refractivity contribution in [1.29, 1.82) is 0 Å². The van der Waals surface area contributed by atoms with Gasteiger partial charge in [-0.15, -0.1) is 0 Å². The maximum Gasteiger partial charge on any atom is 0.233 e. The monoisotopic (exact) mass is 238 g/mol. The number of hydrogen-bond acceptors (Lipinski definition) is 5. The van der Waals surface area contributed by atoms with Crippen molar-refractivity contribution in [3.05, 3.63) is 0 Å². The van der Waals surface area contributed by atoms with Crippen LogP contribution in [-0.2, 0) is 19.6 Å². The molecule has 90 valence electrons. The lowest BCUT2D eigenvalue weighted by Crippen LogP contribution is -2.39. The molecular formula is C8H18N2O4S. The van der Waals surface area contributed by atoms with Crippen molar-refractivity contribution < 1.29 is 18.0 Å². The first kappa shape index (κ1) is 12.9. The van der Waals surface area contributed by atoms with Gasteiger partial charge in [-0.2, -0.15) is 0 Å². The first-order valence-electron chi connectivity index (χ1n) is 5.05. The zero-order valence-corrected chi connectivity index (χ0v) is 9.75. The van der Waals surface area contributed by atoms with E-state index in [1.807, 2.05) is 0 Å². The standard InChI is InChI=1S/C8H18N2O4S/c1-2-15(11,12)9-14-8-5-10-3-6-13-7-4-10/h9H,2-8H2,1H3. The molecule has 0 aromatic rings. The van der Waals surface area contributed by atoms with E-state index in [2.05, 4.69) is 9.79 Å². The van der Waals surface area contributed by atoms with Crippen LogP contribution in [0.15, 0.2) is 0 Å². The maximum atomic E-state index is 11.0. The average molecular weight is 238 g/mol. The molecule has 7 heteroatoms. The van der Waals surface area contributed by atoms with Crippen molar-refractivity contribution in [2.24, 2.45) is 0 Å². The maximum absolute atomic E-state index is 11.0. The summed E-state index contributed by atoms with van der Waals surface area (Å²) in [6, 6.07) is 0. The molecule has 0 aromatic carbocycles. The number of ether oxygens (including phenoxy) is 1. The third kappa shape index (κ3) is 5.43. The normalized spacial score (nSPS) is 19.3. The molecule has 1 rings (SSSR count). The zero-order valence-electron chi connectivity index (χ0n) is 8.94. The molecule has 6 nitrogen and oxygen atoms in total. The molecule has 0 atom stereocenters. The molecule has 0 aliphatic carbocycles. The third-order valence-corrected chi connectivity index (χ3v) is 3.31. The van der Waals surface area contributed by atoms with E-state index in [1.54, 1.807) is 6.92 Å². The summed E-state index contributed by atoms with van der Waals surface area (Å²) in [7, 11) is -3.24.